The molecule has 2 fully saturated rings. The third-order valence-electron chi connectivity index (χ3n) is 8.03. The number of allylic oxidation sites excluding steroid dienone is 2. The van der Waals surface area contributed by atoms with Crippen LogP contribution in [0, 0.1) is 22.7 Å². The van der Waals surface area contributed by atoms with Gasteiger partial charge in [-0.2, -0.15) is 0 Å². The minimum Gasteiger partial charge on any atom is -0.458 e. The maximum Gasteiger partial charge on any atom is 0.342 e. The summed E-state index contributed by atoms with van der Waals surface area (Å²) in [6.07, 6.45) is 11.8. The molecule has 1 N–H and O–H groups in total. The minimum absolute atomic E-state index is 0.0619. The average Bonchev–Trinajstić information content (AvgIpc) is 3.20. The Morgan fingerprint density at radius 3 is 2.88 bits per heavy atom. The van der Waals surface area contributed by atoms with Gasteiger partial charge in [-0.15, -0.1) is 0 Å². The predicted octanol–water partition coefficient (Wildman–Crippen LogP) is 4.38. The Kier molecular flexibility index (Phi) is 6.08. The molecule has 0 saturated heterocycles. The number of hydrogen-bond acceptors (Lipinski definition) is 6. The summed E-state index contributed by atoms with van der Waals surface area (Å²) in [6.45, 7) is 8.60. The van der Waals surface area contributed by atoms with E-state index in [4.69, 9.17) is 9.47 Å². The number of aliphatic hydroxyl groups excluding tert-OH is 1. The largest absolute Gasteiger partial charge is 0.458 e. The SMILES string of the molecule is C=C1CCC2[C@](C)(CO)[C@H](OC(=O)c3cccnc3)CC[C@@]2(C)[C@@H]1C/C=C1\C=COC1=O. The Hall–Kier alpha value is -2.73. The van der Waals surface area contributed by atoms with Crippen LogP contribution in [0.3, 0.4) is 0 Å². The Balaban J connectivity index is 1.58. The van der Waals surface area contributed by atoms with Gasteiger partial charge in [0.1, 0.15) is 6.10 Å². The van der Waals surface area contributed by atoms with E-state index < -0.39 is 11.4 Å². The molecule has 1 unspecified atom stereocenters. The molecule has 5 atom stereocenters. The Labute approximate surface area is 189 Å². The van der Waals surface area contributed by atoms with Crippen molar-refractivity contribution in [1.82, 2.24) is 4.98 Å². The van der Waals surface area contributed by atoms with Gasteiger partial charge in [0.05, 0.1) is 24.0 Å². The average molecular weight is 438 g/mol. The van der Waals surface area contributed by atoms with Crippen LogP contribution in [-0.2, 0) is 14.3 Å². The summed E-state index contributed by atoms with van der Waals surface area (Å²) < 4.78 is 10.9. The van der Waals surface area contributed by atoms with Gasteiger partial charge < -0.3 is 14.6 Å². The van der Waals surface area contributed by atoms with E-state index in [1.165, 1.54) is 18.0 Å². The molecule has 32 heavy (non-hydrogen) atoms. The zero-order chi connectivity index (χ0) is 22.9. The number of carbonyl (C=O) groups is 2. The normalized spacial score (nSPS) is 35.5. The van der Waals surface area contributed by atoms with Crippen LogP contribution in [0.25, 0.3) is 0 Å². The van der Waals surface area contributed by atoms with E-state index in [1.54, 1.807) is 24.4 Å². The van der Waals surface area contributed by atoms with Crippen molar-refractivity contribution in [2.75, 3.05) is 6.61 Å². The van der Waals surface area contributed by atoms with E-state index in [9.17, 15) is 14.7 Å². The highest BCUT2D eigenvalue weighted by atomic mass is 16.5. The molecule has 4 rings (SSSR count). The lowest BCUT2D eigenvalue weighted by Gasteiger charge is -2.60. The number of pyridine rings is 1. The molecule has 6 heteroatoms. The molecule has 0 bridgehead atoms. The van der Waals surface area contributed by atoms with Gasteiger partial charge in [0, 0.05) is 17.8 Å². The second-order valence-corrected chi connectivity index (χ2v) is 9.75. The lowest BCUT2D eigenvalue weighted by molar-refractivity contribution is -0.153. The van der Waals surface area contributed by atoms with Gasteiger partial charge >= 0.3 is 11.9 Å². The number of fused-ring (bicyclic) bond motifs is 1. The summed E-state index contributed by atoms with van der Waals surface area (Å²) in [5.41, 5.74) is 1.49. The summed E-state index contributed by atoms with van der Waals surface area (Å²) in [5, 5.41) is 10.5. The number of esters is 2. The van der Waals surface area contributed by atoms with Crippen LogP contribution in [0.1, 0.15) is 56.3 Å². The first-order valence-electron chi connectivity index (χ1n) is 11.3. The van der Waals surface area contributed by atoms with Crippen molar-refractivity contribution < 1.29 is 24.2 Å². The van der Waals surface area contributed by atoms with Gasteiger partial charge in [-0.25, -0.2) is 9.59 Å². The first kappa shape index (κ1) is 22.5. The highest BCUT2D eigenvalue weighted by molar-refractivity contribution is 5.94. The van der Waals surface area contributed by atoms with Crippen molar-refractivity contribution in [3.8, 4) is 0 Å². The molecule has 1 aromatic heterocycles. The number of carbonyl (C=O) groups excluding carboxylic acids is 2. The second-order valence-electron chi connectivity index (χ2n) is 9.75. The Morgan fingerprint density at radius 1 is 1.41 bits per heavy atom. The van der Waals surface area contributed by atoms with Gasteiger partial charge in [-0.3, -0.25) is 4.98 Å². The van der Waals surface area contributed by atoms with E-state index in [0.717, 1.165) is 19.3 Å². The molecular formula is C26H31NO5. The summed E-state index contributed by atoms with van der Waals surface area (Å²) in [4.78, 5) is 28.6. The number of rotatable bonds is 5. The molecular weight excluding hydrogens is 406 g/mol. The Morgan fingerprint density at radius 2 is 2.22 bits per heavy atom. The summed E-state index contributed by atoms with van der Waals surface area (Å²) in [5.74, 6) is -0.393. The fraction of sp³-hybridized carbons (Fsp3) is 0.500. The van der Waals surface area contributed by atoms with E-state index in [1.807, 2.05) is 13.0 Å². The van der Waals surface area contributed by atoms with Crippen molar-refractivity contribution in [3.05, 3.63) is 66.2 Å². The zero-order valence-corrected chi connectivity index (χ0v) is 18.8. The number of nitrogens with zero attached hydrogens (tertiary/aromatic N) is 1. The molecule has 170 valence electrons. The quantitative estimate of drug-likeness (QED) is 0.418. The standard InChI is InChI=1S/C26H31NO5/c1-17-6-9-21-25(2,20(17)8-7-18-11-14-31-23(18)29)12-10-22(26(21,3)16-28)32-24(30)19-5-4-13-27-15-19/h4-5,7,11,13-15,20-22,28H,1,6,8-10,12,16H2,2-3H3/b18-7+/t20-,21?,22-,25+,26+/m1/s1. The topological polar surface area (TPSA) is 85.7 Å². The van der Waals surface area contributed by atoms with Crippen molar-refractivity contribution in [3.63, 3.8) is 0 Å². The fourth-order valence-corrected chi connectivity index (χ4v) is 6.19. The first-order valence-corrected chi connectivity index (χ1v) is 11.3. The van der Waals surface area contributed by atoms with Crippen LogP contribution < -0.4 is 0 Å². The smallest absolute Gasteiger partial charge is 0.342 e. The molecule has 3 aliphatic rings. The summed E-state index contributed by atoms with van der Waals surface area (Å²) in [6, 6.07) is 3.40. The molecule has 2 heterocycles. The van der Waals surface area contributed by atoms with Gasteiger partial charge in [-0.1, -0.05) is 32.1 Å². The van der Waals surface area contributed by atoms with Gasteiger partial charge in [-0.05, 0) is 67.6 Å². The van der Waals surface area contributed by atoms with Crippen molar-refractivity contribution in [2.24, 2.45) is 22.7 Å². The van der Waals surface area contributed by atoms with Crippen LogP contribution in [0.5, 0.6) is 0 Å². The first-order chi connectivity index (χ1) is 15.3. The maximum absolute atomic E-state index is 12.7. The molecule has 6 nitrogen and oxygen atoms in total. The third kappa shape index (κ3) is 3.81. The van der Waals surface area contributed by atoms with Crippen LogP contribution in [0.2, 0.25) is 0 Å². The van der Waals surface area contributed by atoms with E-state index >= 15 is 0 Å². The highest BCUT2D eigenvalue weighted by Gasteiger charge is 2.58. The number of hydrogen-bond donors (Lipinski definition) is 1. The van der Waals surface area contributed by atoms with Gasteiger partial charge in [0.2, 0.25) is 0 Å². The molecule has 0 aromatic carbocycles. The van der Waals surface area contributed by atoms with Crippen molar-refractivity contribution in [2.45, 2.75) is 52.1 Å². The summed E-state index contributed by atoms with van der Waals surface area (Å²) >= 11 is 0. The second kappa shape index (κ2) is 8.66. The van der Waals surface area contributed by atoms with Gasteiger partial charge in [0.25, 0.3) is 0 Å². The fourth-order valence-electron chi connectivity index (χ4n) is 6.19. The van der Waals surface area contributed by atoms with E-state index in [-0.39, 0.29) is 35.9 Å². The number of cyclic esters (lactones) is 1. The van der Waals surface area contributed by atoms with Crippen LogP contribution in [0.4, 0.5) is 0 Å². The lowest BCUT2D eigenvalue weighted by atomic mass is 9.46. The number of aromatic nitrogens is 1. The third-order valence-corrected chi connectivity index (χ3v) is 8.03. The van der Waals surface area contributed by atoms with Crippen LogP contribution in [-0.4, -0.2) is 34.7 Å². The predicted molar refractivity (Wildman–Crippen MR) is 119 cm³/mol. The maximum atomic E-state index is 12.7. The molecule has 1 aliphatic heterocycles. The molecule has 1 aromatic rings. The molecule has 2 saturated carbocycles. The molecule has 0 radical (unpaired) electrons. The van der Waals surface area contributed by atoms with Crippen molar-refractivity contribution >= 4 is 11.9 Å². The van der Waals surface area contributed by atoms with E-state index in [2.05, 4.69) is 18.5 Å². The molecule has 2 aliphatic carbocycles. The monoisotopic (exact) mass is 437 g/mol. The zero-order valence-electron chi connectivity index (χ0n) is 18.8. The summed E-state index contributed by atoms with van der Waals surface area (Å²) in [7, 11) is 0. The van der Waals surface area contributed by atoms with Crippen molar-refractivity contribution in [1.29, 1.82) is 0 Å². The van der Waals surface area contributed by atoms with Crippen LogP contribution in [0.15, 0.2) is 60.7 Å². The number of ether oxygens (including phenoxy) is 2. The Bertz CT molecular complexity index is 968. The molecule has 0 spiro atoms. The highest BCUT2D eigenvalue weighted by Crippen LogP contribution is 2.62. The minimum atomic E-state index is -0.566. The lowest BCUT2D eigenvalue weighted by Crippen LogP contribution is -2.58. The van der Waals surface area contributed by atoms with Gasteiger partial charge in [0.15, 0.2) is 0 Å². The number of aliphatic hydroxyl groups is 1. The van der Waals surface area contributed by atoms with Crippen LogP contribution >= 0.6 is 0 Å². The van der Waals surface area contributed by atoms with E-state index in [0.29, 0.717) is 24.0 Å². The molecule has 0 amide bonds.